The van der Waals surface area contributed by atoms with Gasteiger partial charge in [-0.25, -0.2) is 8.42 Å². The van der Waals surface area contributed by atoms with Crippen molar-refractivity contribution in [1.29, 1.82) is 0 Å². The summed E-state index contributed by atoms with van der Waals surface area (Å²) in [6.07, 6.45) is 1.44. The summed E-state index contributed by atoms with van der Waals surface area (Å²) in [6.45, 7) is 4.73. The van der Waals surface area contributed by atoms with Crippen LogP contribution in [-0.4, -0.2) is 42.3 Å². The monoisotopic (exact) mass is 319 g/mol. The summed E-state index contributed by atoms with van der Waals surface area (Å²) in [7, 11) is -0.984. The molecule has 0 aliphatic carbocycles. The van der Waals surface area contributed by atoms with Crippen molar-refractivity contribution in [1.82, 2.24) is 15.1 Å². The molecule has 0 saturated carbocycles. The highest BCUT2D eigenvalue weighted by Gasteiger charge is 2.34. The van der Waals surface area contributed by atoms with E-state index in [2.05, 4.69) is 10.4 Å². The maximum Gasteiger partial charge on any atom is 0.150 e. The van der Waals surface area contributed by atoms with E-state index >= 15 is 0 Å². The Kier molecular flexibility index (Phi) is 4.76. The molecule has 2 unspecified atom stereocenters. The number of aromatic nitrogens is 2. The summed E-state index contributed by atoms with van der Waals surface area (Å²) < 4.78 is 25.1. The molecular weight excluding hydrogens is 298 g/mol. The van der Waals surface area contributed by atoms with Crippen molar-refractivity contribution in [2.75, 3.05) is 18.1 Å². The van der Waals surface area contributed by atoms with Gasteiger partial charge in [-0.15, -0.1) is 0 Å². The molecule has 2 atom stereocenters. The number of nitrogens with one attached hydrogen (secondary N) is 1. The van der Waals surface area contributed by atoms with Gasteiger partial charge >= 0.3 is 0 Å². The molecule has 1 saturated heterocycles. The fourth-order valence-corrected chi connectivity index (χ4v) is 5.04. The lowest BCUT2D eigenvalue weighted by atomic mass is 9.95. The second-order valence-electron chi connectivity index (χ2n) is 5.50. The minimum atomic E-state index is -2.86. The Hall–Kier alpha value is -0.590. The highest BCUT2D eigenvalue weighted by Crippen LogP contribution is 2.27. The lowest BCUT2D eigenvalue weighted by Crippen LogP contribution is -2.39. The minimum absolute atomic E-state index is 0.129. The van der Waals surface area contributed by atoms with Gasteiger partial charge in [-0.2, -0.15) is 5.10 Å². The summed E-state index contributed by atoms with van der Waals surface area (Å²) in [6, 6.07) is 0.129. The molecule has 1 aromatic heterocycles. The van der Waals surface area contributed by atoms with Crippen LogP contribution in [0.5, 0.6) is 0 Å². The average molecular weight is 320 g/mol. The number of nitrogens with zero attached hydrogens (tertiary/aromatic N) is 2. The Morgan fingerprint density at radius 2 is 2.25 bits per heavy atom. The van der Waals surface area contributed by atoms with Gasteiger partial charge in [-0.3, -0.25) is 4.68 Å². The van der Waals surface area contributed by atoms with Crippen molar-refractivity contribution in [3.63, 3.8) is 0 Å². The van der Waals surface area contributed by atoms with Crippen molar-refractivity contribution in [2.24, 2.45) is 13.0 Å². The largest absolute Gasteiger partial charge is 0.314 e. The zero-order valence-electron chi connectivity index (χ0n) is 12.2. The Morgan fingerprint density at radius 3 is 2.70 bits per heavy atom. The SMILES string of the molecule is CCNC(Cc1c(Cl)c(C)nn1C)C1CCS(=O)(=O)C1. The zero-order chi connectivity index (χ0) is 14.9. The fourth-order valence-electron chi connectivity index (χ4n) is 2.92. The first-order chi connectivity index (χ1) is 9.34. The van der Waals surface area contributed by atoms with Crippen LogP contribution in [0.2, 0.25) is 5.02 Å². The average Bonchev–Trinajstić information content (AvgIpc) is 2.83. The highest BCUT2D eigenvalue weighted by atomic mass is 35.5. The summed E-state index contributed by atoms with van der Waals surface area (Å²) in [5.74, 6) is 0.739. The van der Waals surface area contributed by atoms with E-state index in [0.29, 0.717) is 17.2 Å². The third-order valence-electron chi connectivity index (χ3n) is 3.98. The molecule has 0 bridgehead atoms. The normalized spacial score (nSPS) is 23.1. The third-order valence-corrected chi connectivity index (χ3v) is 6.26. The van der Waals surface area contributed by atoms with Crippen LogP contribution in [-0.2, 0) is 23.3 Å². The number of rotatable bonds is 5. The first kappa shape index (κ1) is 15.8. The van der Waals surface area contributed by atoms with E-state index in [1.807, 2.05) is 20.9 Å². The predicted molar refractivity (Wildman–Crippen MR) is 80.9 cm³/mol. The molecule has 20 heavy (non-hydrogen) atoms. The maximum atomic E-state index is 11.7. The van der Waals surface area contributed by atoms with Crippen molar-refractivity contribution < 1.29 is 8.42 Å². The molecule has 1 N–H and O–H groups in total. The first-order valence-electron chi connectivity index (χ1n) is 6.96. The second-order valence-corrected chi connectivity index (χ2v) is 8.11. The molecule has 0 radical (unpaired) electrons. The lowest BCUT2D eigenvalue weighted by molar-refractivity contribution is 0.379. The number of halogens is 1. The molecule has 1 aromatic rings. The van der Waals surface area contributed by atoms with Crippen LogP contribution in [0, 0.1) is 12.8 Å². The molecule has 1 fully saturated rings. The zero-order valence-corrected chi connectivity index (χ0v) is 13.8. The Labute approximate surface area is 125 Å². The third kappa shape index (κ3) is 3.35. The fraction of sp³-hybridized carbons (Fsp3) is 0.769. The molecule has 0 amide bonds. The van der Waals surface area contributed by atoms with Crippen molar-refractivity contribution in [2.45, 2.75) is 32.7 Å². The van der Waals surface area contributed by atoms with E-state index in [1.165, 1.54) is 0 Å². The van der Waals surface area contributed by atoms with E-state index in [-0.39, 0.29) is 17.7 Å². The van der Waals surface area contributed by atoms with E-state index < -0.39 is 9.84 Å². The van der Waals surface area contributed by atoms with Gasteiger partial charge in [0.05, 0.1) is 27.9 Å². The summed E-state index contributed by atoms with van der Waals surface area (Å²) >= 11 is 6.29. The van der Waals surface area contributed by atoms with Gasteiger partial charge in [0.2, 0.25) is 0 Å². The summed E-state index contributed by atoms with van der Waals surface area (Å²) in [4.78, 5) is 0. The van der Waals surface area contributed by atoms with Crippen LogP contribution < -0.4 is 5.32 Å². The second kappa shape index (κ2) is 6.03. The number of likely N-dealkylation sites (N-methyl/N-ethyl adjacent to an activating group) is 1. The van der Waals surface area contributed by atoms with Crippen LogP contribution in [0.1, 0.15) is 24.7 Å². The van der Waals surface area contributed by atoms with Crippen LogP contribution in [0.15, 0.2) is 0 Å². The predicted octanol–water partition coefficient (Wildman–Crippen LogP) is 1.34. The highest BCUT2D eigenvalue weighted by molar-refractivity contribution is 7.91. The van der Waals surface area contributed by atoms with Gasteiger partial charge in [0.1, 0.15) is 0 Å². The van der Waals surface area contributed by atoms with E-state index in [1.54, 1.807) is 4.68 Å². The molecule has 2 heterocycles. The molecule has 7 heteroatoms. The quantitative estimate of drug-likeness (QED) is 0.889. The van der Waals surface area contributed by atoms with E-state index in [4.69, 9.17) is 11.6 Å². The molecule has 114 valence electrons. The van der Waals surface area contributed by atoms with Gasteiger partial charge in [0.15, 0.2) is 9.84 Å². The number of sulfone groups is 1. The molecule has 1 aliphatic rings. The Bertz CT molecular complexity index is 583. The van der Waals surface area contributed by atoms with Gasteiger partial charge in [0.25, 0.3) is 0 Å². The van der Waals surface area contributed by atoms with Crippen LogP contribution in [0.25, 0.3) is 0 Å². The smallest absolute Gasteiger partial charge is 0.150 e. The standard InChI is InChI=1S/C13H22ClN3O2S/c1-4-15-11(10-5-6-20(18,19)8-10)7-12-13(14)9(2)16-17(12)3/h10-11,15H,4-8H2,1-3H3. The van der Waals surface area contributed by atoms with E-state index in [9.17, 15) is 8.42 Å². The maximum absolute atomic E-state index is 11.7. The number of hydrogen-bond donors (Lipinski definition) is 1. The van der Waals surface area contributed by atoms with Crippen molar-refractivity contribution in [3.8, 4) is 0 Å². The topological polar surface area (TPSA) is 64.0 Å². The number of hydrogen-bond acceptors (Lipinski definition) is 4. The Morgan fingerprint density at radius 1 is 1.55 bits per heavy atom. The molecule has 0 spiro atoms. The van der Waals surface area contributed by atoms with Crippen molar-refractivity contribution >= 4 is 21.4 Å². The molecule has 2 rings (SSSR count). The summed E-state index contributed by atoms with van der Waals surface area (Å²) in [5, 5.41) is 8.42. The summed E-state index contributed by atoms with van der Waals surface area (Å²) in [5.41, 5.74) is 1.79. The van der Waals surface area contributed by atoms with E-state index in [0.717, 1.165) is 24.4 Å². The van der Waals surface area contributed by atoms with Crippen molar-refractivity contribution in [3.05, 3.63) is 16.4 Å². The molecule has 0 aromatic carbocycles. The molecular formula is C13H22ClN3O2S. The van der Waals surface area contributed by atoms with Crippen LogP contribution in [0.4, 0.5) is 0 Å². The first-order valence-corrected chi connectivity index (χ1v) is 9.15. The Balaban J connectivity index is 2.18. The van der Waals surface area contributed by atoms with Gasteiger partial charge in [-0.05, 0) is 25.8 Å². The van der Waals surface area contributed by atoms with Gasteiger partial charge < -0.3 is 5.32 Å². The molecule has 1 aliphatic heterocycles. The van der Waals surface area contributed by atoms with Gasteiger partial charge in [0, 0.05) is 19.5 Å². The van der Waals surface area contributed by atoms with Gasteiger partial charge in [-0.1, -0.05) is 18.5 Å². The minimum Gasteiger partial charge on any atom is -0.314 e. The van der Waals surface area contributed by atoms with Crippen LogP contribution in [0.3, 0.4) is 0 Å². The lowest BCUT2D eigenvalue weighted by Gasteiger charge is -2.23. The molecule has 5 nitrogen and oxygen atoms in total. The van der Waals surface area contributed by atoms with Crippen LogP contribution >= 0.6 is 11.6 Å². The number of aryl methyl sites for hydroxylation is 2.